The van der Waals surface area contributed by atoms with Crippen molar-refractivity contribution in [1.29, 1.82) is 0 Å². The summed E-state index contributed by atoms with van der Waals surface area (Å²) in [5.41, 5.74) is 0. The van der Waals surface area contributed by atoms with E-state index in [9.17, 15) is 0 Å². The summed E-state index contributed by atoms with van der Waals surface area (Å²) in [6.45, 7) is 6.49. The van der Waals surface area contributed by atoms with Crippen LogP contribution in [0.5, 0.6) is 0 Å². The van der Waals surface area contributed by atoms with E-state index in [-0.39, 0.29) is 0 Å². The Morgan fingerprint density at radius 2 is 2.20 bits per heavy atom. The van der Waals surface area contributed by atoms with Crippen LogP contribution in [0.25, 0.3) is 0 Å². The lowest BCUT2D eigenvalue weighted by Gasteiger charge is -2.14. The van der Waals surface area contributed by atoms with E-state index in [1.54, 1.807) is 0 Å². The van der Waals surface area contributed by atoms with Crippen molar-refractivity contribution >= 4 is 0 Å². The van der Waals surface area contributed by atoms with Crippen LogP contribution in [0.2, 0.25) is 0 Å². The summed E-state index contributed by atoms with van der Waals surface area (Å²) in [5, 5.41) is 0. The Kier molecular flexibility index (Phi) is 2.69. The monoisotopic (exact) mass is 143 g/mol. The molecule has 0 amide bonds. The van der Waals surface area contributed by atoms with Gasteiger partial charge in [0.25, 0.3) is 0 Å². The van der Waals surface area contributed by atoms with Crippen molar-refractivity contribution in [2.75, 3.05) is 20.1 Å². The average molecular weight is 143 g/mol. The molecule has 0 spiro atoms. The summed E-state index contributed by atoms with van der Waals surface area (Å²) in [6.07, 6.45) is 2.08. The second kappa shape index (κ2) is 3.35. The van der Waals surface area contributed by atoms with Crippen molar-refractivity contribution in [1.82, 2.24) is 4.90 Å². The first-order valence-electron chi connectivity index (χ1n) is 4.02. The molecule has 1 unspecified atom stereocenters. The Morgan fingerprint density at radius 3 is 2.60 bits per heavy atom. The van der Waals surface area contributed by atoms with E-state index >= 15 is 0 Å². The van der Waals surface area contributed by atoms with Crippen molar-refractivity contribution in [3.63, 3.8) is 0 Å². The smallest absolute Gasteiger partial charge is 0.0717 e. The Labute approximate surface area is 63.2 Å². The lowest BCUT2D eigenvalue weighted by molar-refractivity contribution is 0.0153. The van der Waals surface area contributed by atoms with E-state index in [1.807, 2.05) is 0 Å². The molecule has 0 aromatic heterocycles. The van der Waals surface area contributed by atoms with Crippen molar-refractivity contribution < 1.29 is 4.74 Å². The number of rotatable bonds is 2. The van der Waals surface area contributed by atoms with Gasteiger partial charge in [-0.3, -0.25) is 0 Å². The quantitative estimate of drug-likeness (QED) is 0.574. The third-order valence-electron chi connectivity index (χ3n) is 1.81. The molecular formula is C8H17NO. The fourth-order valence-electron chi connectivity index (χ4n) is 1.39. The Balaban J connectivity index is 2.18. The first-order valence-corrected chi connectivity index (χ1v) is 4.02. The van der Waals surface area contributed by atoms with E-state index in [2.05, 4.69) is 25.8 Å². The van der Waals surface area contributed by atoms with Gasteiger partial charge in [0.15, 0.2) is 0 Å². The van der Waals surface area contributed by atoms with E-state index in [1.165, 1.54) is 13.0 Å². The highest BCUT2D eigenvalue weighted by Crippen LogP contribution is 2.11. The number of hydrogen-bond donors (Lipinski definition) is 0. The van der Waals surface area contributed by atoms with Gasteiger partial charge in [-0.2, -0.15) is 0 Å². The molecule has 10 heavy (non-hydrogen) atoms. The molecule has 0 aromatic rings. The van der Waals surface area contributed by atoms with Gasteiger partial charge < -0.3 is 9.64 Å². The molecule has 0 saturated carbocycles. The van der Waals surface area contributed by atoms with Crippen LogP contribution in [0.1, 0.15) is 20.3 Å². The van der Waals surface area contributed by atoms with Crippen molar-refractivity contribution in [3.8, 4) is 0 Å². The third-order valence-corrected chi connectivity index (χ3v) is 1.81. The maximum absolute atomic E-state index is 5.64. The van der Waals surface area contributed by atoms with Crippen molar-refractivity contribution in [3.05, 3.63) is 0 Å². The van der Waals surface area contributed by atoms with E-state index in [0.717, 1.165) is 6.54 Å². The SMILES string of the molecule is CC(C)OC1CCN(C)C1. The summed E-state index contributed by atoms with van der Waals surface area (Å²) in [7, 11) is 2.14. The number of likely N-dealkylation sites (tertiary alicyclic amines) is 1. The number of nitrogens with zero attached hydrogens (tertiary/aromatic N) is 1. The molecule has 0 bridgehead atoms. The fraction of sp³-hybridized carbons (Fsp3) is 1.00. The van der Waals surface area contributed by atoms with Gasteiger partial charge in [0, 0.05) is 13.1 Å². The molecule has 1 heterocycles. The topological polar surface area (TPSA) is 12.5 Å². The van der Waals surface area contributed by atoms with Crippen LogP contribution >= 0.6 is 0 Å². The minimum absolute atomic E-state index is 0.386. The minimum atomic E-state index is 0.386. The maximum atomic E-state index is 5.64. The Morgan fingerprint density at radius 1 is 1.50 bits per heavy atom. The number of ether oxygens (including phenoxy) is 1. The number of likely N-dealkylation sites (N-methyl/N-ethyl adjacent to an activating group) is 1. The first-order chi connectivity index (χ1) is 4.68. The van der Waals surface area contributed by atoms with E-state index in [0.29, 0.717) is 12.2 Å². The van der Waals surface area contributed by atoms with Gasteiger partial charge in [0.05, 0.1) is 12.2 Å². The molecule has 1 aliphatic rings. The van der Waals surface area contributed by atoms with Gasteiger partial charge in [0.1, 0.15) is 0 Å². The second-order valence-electron chi connectivity index (χ2n) is 3.36. The molecule has 0 radical (unpaired) electrons. The second-order valence-corrected chi connectivity index (χ2v) is 3.36. The maximum Gasteiger partial charge on any atom is 0.0717 e. The molecule has 0 aromatic carbocycles. The van der Waals surface area contributed by atoms with Gasteiger partial charge in [-0.1, -0.05) is 0 Å². The summed E-state index contributed by atoms with van der Waals surface area (Å²) in [5.74, 6) is 0. The molecular weight excluding hydrogens is 126 g/mol. The van der Waals surface area contributed by atoms with Crippen LogP contribution in [0.3, 0.4) is 0 Å². The normalized spacial score (nSPS) is 28.2. The summed E-state index contributed by atoms with van der Waals surface area (Å²) < 4.78 is 5.64. The highest BCUT2D eigenvalue weighted by atomic mass is 16.5. The molecule has 1 atom stereocenters. The zero-order valence-corrected chi connectivity index (χ0v) is 7.13. The third kappa shape index (κ3) is 2.27. The van der Waals surface area contributed by atoms with Gasteiger partial charge in [-0.15, -0.1) is 0 Å². The summed E-state index contributed by atoms with van der Waals surface area (Å²) >= 11 is 0. The zero-order valence-electron chi connectivity index (χ0n) is 7.13. The van der Waals surface area contributed by atoms with Gasteiger partial charge >= 0.3 is 0 Å². The van der Waals surface area contributed by atoms with Crippen molar-refractivity contribution in [2.45, 2.75) is 32.5 Å². The van der Waals surface area contributed by atoms with Crippen LogP contribution in [0, 0.1) is 0 Å². The summed E-state index contributed by atoms with van der Waals surface area (Å²) in [6, 6.07) is 0. The molecule has 2 nitrogen and oxygen atoms in total. The van der Waals surface area contributed by atoms with Crippen LogP contribution in [0.15, 0.2) is 0 Å². The Bertz CT molecular complexity index is 103. The number of hydrogen-bond acceptors (Lipinski definition) is 2. The van der Waals surface area contributed by atoms with Crippen LogP contribution in [-0.2, 0) is 4.74 Å². The molecule has 60 valence electrons. The van der Waals surface area contributed by atoms with Crippen LogP contribution in [-0.4, -0.2) is 37.2 Å². The molecule has 1 fully saturated rings. The molecule has 1 aliphatic heterocycles. The lowest BCUT2D eigenvalue weighted by atomic mass is 10.3. The molecule has 0 N–H and O–H groups in total. The predicted octanol–water partition coefficient (Wildman–Crippen LogP) is 1.12. The molecule has 2 heteroatoms. The standard InChI is InChI=1S/C8H17NO/c1-7(2)10-8-4-5-9(3)6-8/h7-8H,4-6H2,1-3H3. The molecule has 1 saturated heterocycles. The molecule has 1 rings (SSSR count). The van der Waals surface area contributed by atoms with E-state index < -0.39 is 0 Å². The van der Waals surface area contributed by atoms with Gasteiger partial charge in [-0.05, 0) is 27.3 Å². The first kappa shape index (κ1) is 8.02. The minimum Gasteiger partial charge on any atom is -0.374 e. The fourth-order valence-corrected chi connectivity index (χ4v) is 1.39. The van der Waals surface area contributed by atoms with Crippen LogP contribution in [0.4, 0.5) is 0 Å². The highest BCUT2D eigenvalue weighted by Gasteiger charge is 2.20. The lowest BCUT2D eigenvalue weighted by Crippen LogP contribution is -2.21. The van der Waals surface area contributed by atoms with Gasteiger partial charge in [-0.25, -0.2) is 0 Å². The Hall–Kier alpha value is -0.0800. The summed E-state index contributed by atoms with van der Waals surface area (Å²) in [4.78, 5) is 2.31. The van der Waals surface area contributed by atoms with Gasteiger partial charge in [0.2, 0.25) is 0 Å². The van der Waals surface area contributed by atoms with Crippen molar-refractivity contribution in [2.24, 2.45) is 0 Å². The average Bonchev–Trinajstić information content (AvgIpc) is 2.13. The highest BCUT2D eigenvalue weighted by molar-refractivity contribution is 4.73. The zero-order chi connectivity index (χ0) is 7.56. The predicted molar refractivity (Wildman–Crippen MR) is 42.1 cm³/mol. The van der Waals surface area contributed by atoms with Crippen LogP contribution < -0.4 is 0 Å². The largest absolute Gasteiger partial charge is 0.374 e. The molecule has 0 aliphatic carbocycles. The van der Waals surface area contributed by atoms with E-state index in [4.69, 9.17) is 4.74 Å².